The molecule has 0 fully saturated rings. The van der Waals surface area contributed by atoms with E-state index < -0.39 is 0 Å². The minimum atomic E-state index is -0.187. The Hall–Kier alpha value is -4.30. The van der Waals surface area contributed by atoms with Crippen molar-refractivity contribution < 1.29 is 9.59 Å². The fourth-order valence-corrected chi connectivity index (χ4v) is 5.21. The molecule has 2 nitrogen and oxygen atoms in total. The van der Waals surface area contributed by atoms with Crippen molar-refractivity contribution in [2.45, 2.75) is 19.3 Å². The van der Waals surface area contributed by atoms with Crippen LogP contribution in [-0.4, -0.2) is 11.6 Å². The third-order valence-electron chi connectivity index (χ3n) is 6.91. The lowest BCUT2D eigenvalue weighted by molar-refractivity contribution is -0.121. The first-order valence-corrected chi connectivity index (χ1v) is 12.0. The van der Waals surface area contributed by atoms with E-state index in [1.807, 2.05) is 12.1 Å². The van der Waals surface area contributed by atoms with E-state index in [1.54, 1.807) is 12.2 Å². The molecular weight excluding hydrogens is 428 g/mol. The predicted octanol–water partition coefficient (Wildman–Crippen LogP) is 7.08. The molecule has 35 heavy (non-hydrogen) atoms. The lowest BCUT2D eigenvalue weighted by atomic mass is 10.0. The first kappa shape index (κ1) is 21.2. The summed E-state index contributed by atoms with van der Waals surface area (Å²) in [4.78, 5) is 24.8. The molecule has 2 aliphatic carbocycles. The SMILES string of the molecule is O=C(/C=C/c1ccc2c(c1)Cc1ccccc1-2)CC(=O)/C=C/c1ccc2c(c1)Cc1ccccc1-2. The molecule has 4 aromatic rings. The van der Waals surface area contributed by atoms with Gasteiger partial charge in [-0.15, -0.1) is 0 Å². The second kappa shape index (κ2) is 8.81. The van der Waals surface area contributed by atoms with E-state index in [0.717, 1.165) is 24.0 Å². The molecule has 0 atom stereocenters. The predicted molar refractivity (Wildman–Crippen MR) is 142 cm³/mol. The molecule has 2 heteroatoms. The van der Waals surface area contributed by atoms with Gasteiger partial charge in [-0.1, -0.05) is 97.1 Å². The Labute approximate surface area is 205 Å². The van der Waals surface area contributed by atoms with Crippen LogP contribution in [0.3, 0.4) is 0 Å². The second-order valence-electron chi connectivity index (χ2n) is 9.28. The van der Waals surface area contributed by atoms with Crippen LogP contribution >= 0.6 is 0 Å². The highest BCUT2D eigenvalue weighted by Gasteiger charge is 2.18. The highest BCUT2D eigenvalue weighted by Crippen LogP contribution is 2.38. The number of fused-ring (bicyclic) bond motifs is 6. The van der Waals surface area contributed by atoms with Crippen molar-refractivity contribution in [1.82, 2.24) is 0 Å². The van der Waals surface area contributed by atoms with Crippen molar-refractivity contribution in [2.24, 2.45) is 0 Å². The van der Waals surface area contributed by atoms with Crippen molar-refractivity contribution in [3.8, 4) is 22.3 Å². The Bertz CT molecular complexity index is 1430. The summed E-state index contributed by atoms with van der Waals surface area (Å²) in [5.41, 5.74) is 12.3. The topological polar surface area (TPSA) is 34.1 Å². The molecular formula is C33H24O2. The van der Waals surface area contributed by atoms with Gasteiger partial charge < -0.3 is 0 Å². The first-order chi connectivity index (χ1) is 17.1. The normalized spacial score (nSPS) is 13.0. The summed E-state index contributed by atoms with van der Waals surface area (Å²) in [6, 6.07) is 29.5. The third kappa shape index (κ3) is 4.20. The van der Waals surface area contributed by atoms with Gasteiger partial charge in [-0.25, -0.2) is 0 Å². The summed E-state index contributed by atoms with van der Waals surface area (Å²) in [7, 11) is 0. The summed E-state index contributed by atoms with van der Waals surface area (Å²) in [6.45, 7) is 0. The zero-order valence-corrected chi connectivity index (χ0v) is 19.3. The van der Waals surface area contributed by atoms with Crippen molar-refractivity contribution in [3.05, 3.63) is 130 Å². The van der Waals surface area contributed by atoms with Gasteiger partial charge in [0.1, 0.15) is 0 Å². The Kier molecular flexibility index (Phi) is 5.35. The van der Waals surface area contributed by atoms with E-state index in [2.05, 4.69) is 72.8 Å². The van der Waals surface area contributed by atoms with E-state index in [1.165, 1.54) is 56.7 Å². The van der Waals surface area contributed by atoms with E-state index >= 15 is 0 Å². The van der Waals surface area contributed by atoms with Gasteiger partial charge in [-0.2, -0.15) is 0 Å². The van der Waals surface area contributed by atoms with Gasteiger partial charge in [0.2, 0.25) is 0 Å². The fraction of sp³-hybridized carbons (Fsp3) is 0.0909. The van der Waals surface area contributed by atoms with Crippen molar-refractivity contribution in [3.63, 3.8) is 0 Å². The number of hydrogen-bond donors (Lipinski definition) is 0. The highest BCUT2D eigenvalue weighted by atomic mass is 16.1. The van der Waals surface area contributed by atoms with E-state index in [-0.39, 0.29) is 18.0 Å². The second-order valence-corrected chi connectivity index (χ2v) is 9.28. The quantitative estimate of drug-likeness (QED) is 0.200. The Morgan fingerprint density at radius 2 is 0.971 bits per heavy atom. The number of allylic oxidation sites excluding steroid dienone is 2. The molecule has 0 spiro atoms. The molecule has 0 unspecified atom stereocenters. The zero-order chi connectivity index (χ0) is 23.8. The van der Waals surface area contributed by atoms with Crippen LogP contribution in [0.15, 0.2) is 97.1 Å². The number of benzene rings is 4. The van der Waals surface area contributed by atoms with Gasteiger partial charge in [0.05, 0.1) is 6.42 Å². The number of carbonyl (C=O) groups excluding carboxylic acids is 2. The fourth-order valence-electron chi connectivity index (χ4n) is 5.21. The smallest absolute Gasteiger partial charge is 0.163 e. The van der Waals surface area contributed by atoms with Crippen LogP contribution < -0.4 is 0 Å². The molecule has 4 aromatic carbocycles. The van der Waals surface area contributed by atoms with E-state index in [0.29, 0.717) is 0 Å². The molecule has 0 saturated carbocycles. The lowest BCUT2D eigenvalue weighted by Gasteiger charge is -2.02. The monoisotopic (exact) mass is 452 g/mol. The van der Waals surface area contributed by atoms with Crippen LogP contribution in [0, 0.1) is 0 Å². The summed E-state index contributed by atoms with van der Waals surface area (Å²) < 4.78 is 0. The van der Waals surface area contributed by atoms with Crippen LogP contribution in [0.1, 0.15) is 39.8 Å². The molecule has 2 aliphatic rings. The molecule has 0 N–H and O–H groups in total. The molecule has 6 rings (SSSR count). The molecule has 0 radical (unpaired) electrons. The minimum Gasteiger partial charge on any atom is -0.294 e. The average Bonchev–Trinajstić information content (AvgIpc) is 3.43. The molecule has 0 amide bonds. The summed E-state index contributed by atoms with van der Waals surface area (Å²) in [5, 5.41) is 0. The molecule has 0 aliphatic heterocycles. The number of carbonyl (C=O) groups is 2. The van der Waals surface area contributed by atoms with Gasteiger partial charge in [-0.05, 0) is 80.6 Å². The first-order valence-electron chi connectivity index (χ1n) is 12.0. The maximum Gasteiger partial charge on any atom is 0.163 e. The molecule has 0 bridgehead atoms. The Balaban J connectivity index is 1.08. The lowest BCUT2D eigenvalue weighted by Crippen LogP contribution is -2.01. The van der Waals surface area contributed by atoms with E-state index in [4.69, 9.17) is 0 Å². The van der Waals surface area contributed by atoms with Crippen LogP contribution in [0.4, 0.5) is 0 Å². The average molecular weight is 453 g/mol. The largest absolute Gasteiger partial charge is 0.294 e. The number of hydrogen-bond acceptors (Lipinski definition) is 2. The van der Waals surface area contributed by atoms with Gasteiger partial charge in [-0.3, -0.25) is 9.59 Å². The van der Waals surface area contributed by atoms with Gasteiger partial charge in [0.25, 0.3) is 0 Å². The zero-order valence-electron chi connectivity index (χ0n) is 19.3. The number of ketones is 2. The van der Waals surface area contributed by atoms with Crippen molar-refractivity contribution in [2.75, 3.05) is 0 Å². The molecule has 168 valence electrons. The third-order valence-corrected chi connectivity index (χ3v) is 6.91. The molecule has 0 aromatic heterocycles. The minimum absolute atomic E-state index is 0.125. The van der Waals surface area contributed by atoms with Crippen LogP contribution in [-0.2, 0) is 22.4 Å². The van der Waals surface area contributed by atoms with Gasteiger partial charge in [0.15, 0.2) is 11.6 Å². The highest BCUT2D eigenvalue weighted by molar-refractivity contribution is 6.11. The summed E-state index contributed by atoms with van der Waals surface area (Å²) >= 11 is 0. The van der Waals surface area contributed by atoms with E-state index in [9.17, 15) is 9.59 Å². The van der Waals surface area contributed by atoms with Crippen LogP contribution in [0.2, 0.25) is 0 Å². The molecule has 0 saturated heterocycles. The van der Waals surface area contributed by atoms with Crippen molar-refractivity contribution in [1.29, 1.82) is 0 Å². The summed E-state index contributed by atoms with van der Waals surface area (Å²) in [5.74, 6) is -0.374. The Morgan fingerprint density at radius 3 is 1.46 bits per heavy atom. The maximum absolute atomic E-state index is 12.4. The number of rotatable bonds is 6. The van der Waals surface area contributed by atoms with Crippen molar-refractivity contribution >= 4 is 23.7 Å². The Morgan fingerprint density at radius 1 is 0.543 bits per heavy atom. The molecule has 0 heterocycles. The van der Waals surface area contributed by atoms with Gasteiger partial charge in [0, 0.05) is 0 Å². The van der Waals surface area contributed by atoms with Gasteiger partial charge >= 0.3 is 0 Å². The van der Waals surface area contributed by atoms with Crippen LogP contribution in [0.5, 0.6) is 0 Å². The summed E-state index contributed by atoms with van der Waals surface area (Å²) in [6.07, 6.45) is 8.35. The maximum atomic E-state index is 12.4. The standard InChI is InChI=1S/C33H24O2/c34-28(13-9-22-11-15-32-26(17-22)19-24-5-1-3-7-30(24)32)21-29(35)14-10-23-12-16-33-27(18-23)20-25-6-2-4-8-31(25)33/h1-18H,19-21H2/b13-9+,14-10+. The van der Waals surface area contributed by atoms with Crippen LogP contribution in [0.25, 0.3) is 34.4 Å².